The predicted octanol–water partition coefficient (Wildman–Crippen LogP) is 3.89. The Hall–Kier alpha value is -2.89. The van der Waals surface area contributed by atoms with Crippen molar-refractivity contribution in [3.8, 4) is 17.2 Å². The molecule has 0 aliphatic heterocycles. The van der Waals surface area contributed by atoms with Crippen molar-refractivity contribution in [3.05, 3.63) is 59.2 Å². The van der Waals surface area contributed by atoms with Crippen LogP contribution in [0.2, 0.25) is 0 Å². The van der Waals surface area contributed by atoms with Gasteiger partial charge in [0.25, 0.3) is 0 Å². The van der Waals surface area contributed by atoms with Gasteiger partial charge >= 0.3 is 0 Å². The van der Waals surface area contributed by atoms with Gasteiger partial charge in [0.2, 0.25) is 5.75 Å². The molecule has 0 fully saturated rings. The molecular weight excluding hydrogens is 318 g/mol. The van der Waals surface area contributed by atoms with Crippen molar-refractivity contribution in [2.24, 2.45) is 0 Å². The van der Waals surface area contributed by atoms with Gasteiger partial charge in [0, 0.05) is 11.1 Å². The molecular formula is C18H16F2O4. The molecule has 0 saturated heterocycles. The molecule has 0 aliphatic carbocycles. The average molecular weight is 334 g/mol. The highest BCUT2D eigenvalue weighted by Crippen LogP contribution is 2.38. The number of hydrogen-bond donors (Lipinski definition) is 0. The Morgan fingerprint density at radius 2 is 1.58 bits per heavy atom. The molecule has 0 aromatic heterocycles. The fourth-order valence-electron chi connectivity index (χ4n) is 2.13. The smallest absolute Gasteiger partial charge is 0.203 e. The number of halogens is 2. The Labute approximate surface area is 138 Å². The quantitative estimate of drug-likeness (QED) is 0.594. The molecule has 0 spiro atoms. The molecule has 0 atom stereocenters. The molecule has 2 rings (SSSR count). The molecule has 4 nitrogen and oxygen atoms in total. The van der Waals surface area contributed by atoms with Crippen LogP contribution in [0, 0.1) is 11.6 Å². The second-order valence-corrected chi connectivity index (χ2v) is 4.78. The molecule has 0 N–H and O–H groups in total. The number of carbonyl (C=O) groups excluding carboxylic acids is 1. The van der Waals surface area contributed by atoms with E-state index in [4.69, 9.17) is 14.2 Å². The SMILES string of the molecule is COc1cc(C(=O)C=Cc2cc(F)ccc2F)cc(OC)c1OC. The van der Waals surface area contributed by atoms with Crippen molar-refractivity contribution in [2.75, 3.05) is 21.3 Å². The first-order chi connectivity index (χ1) is 11.5. The van der Waals surface area contributed by atoms with Gasteiger partial charge < -0.3 is 14.2 Å². The summed E-state index contributed by atoms with van der Waals surface area (Å²) >= 11 is 0. The zero-order chi connectivity index (χ0) is 17.7. The lowest BCUT2D eigenvalue weighted by Crippen LogP contribution is -2.00. The molecule has 0 radical (unpaired) electrons. The topological polar surface area (TPSA) is 44.8 Å². The molecule has 6 heteroatoms. The highest BCUT2D eigenvalue weighted by Gasteiger charge is 2.15. The number of ketones is 1. The first-order valence-electron chi connectivity index (χ1n) is 6.97. The second kappa shape index (κ2) is 7.59. The van der Waals surface area contributed by atoms with Gasteiger partial charge in [0.05, 0.1) is 21.3 Å². The summed E-state index contributed by atoms with van der Waals surface area (Å²) in [6, 6.07) is 5.98. The van der Waals surface area contributed by atoms with Gasteiger partial charge in [0.1, 0.15) is 11.6 Å². The van der Waals surface area contributed by atoms with Crippen molar-refractivity contribution in [1.82, 2.24) is 0 Å². The van der Waals surface area contributed by atoms with E-state index in [9.17, 15) is 13.6 Å². The van der Waals surface area contributed by atoms with Crippen molar-refractivity contribution >= 4 is 11.9 Å². The Morgan fingerprint density at radius 3 is 2.12 bits per heavy atom. The minimum Gasteiger partial charge on any atom is -0.493 e. The number of rotatable bonds is 6. The molecule has 0 unspecified atom stereocenters. The average Bonchev–Trinajstić information content (AvgIpc) is 2.60. The van der Waals surface area contributed by atoms with Crippen LogP contribution in [0.5, 0.6) is 17.2 Å². The summed E-state index contributed by atoms with van der Waals surface area (Å²) in [6.45, 7) is 0. The third kappa shape index (κ3) is 3.71. The minimum absolute atomic E-state index is 0.0178. The van der Waals surface area contributed by atoms with Gasteiger partial charge in [-0.2, -0.15) is 0 Å². The number of ether oxygens (including phenoxy) is 3. The number of carbonyl (C=O) groups is 1. The molecule has 0 amide bonds. The molecule has 0 aliphatic rings. The largest absolute Gasteiger partial charge is 0.493 e. The fourth-order valence-corrected chi connectivity index (χ4v) is 2.13. The van der Waals surface area contributed by atoms with Gasteiger partial charge in [-0.15, -0.1) is 0 Å². The Morgan fingerprint density at radius 1 is 0.958 bits per heavy atom. The molecule has 0 saturated carbocycles. The van der Waals surface area contributed by atoms with Crippen LogP contribution in [0.25, 0.3) is 6.08 Å². The number of methoxy groups -OCH3 is 3. The van der Waals surface area contributed by atoms with Gasteiger partial charge in [-0.05, 0) is 42.5 Å². The van der Waals surface area contributed by atoms with Crippen molar-refractivity contribution in [2.45, 2.75) is 0 Å². The zero-order valence-electron chi connectivity index (χ0n) is 13.4. The van der Waals surface area contributed by atoms with E-state index < -0.39 is 17.4 Å². The summed E-state index contributed by atoms with van der Waals surface area (Å²) in [5.74, 6) is -0.618. The zero-order valence-corrected chi connectivity index (χ0v) is 13.4. The van der Waals surface area contributed by atoms with Crippen LogP contribution in [0.15, 0.2) is 36.4 Å². The summed E-state index contributed by atoms with van der Waals surface area (Å²) in [7, 11) is 4.32. The van der Waals surface area contributed by atoms with Gasteiger partial charge in [-0.25, -0.2) is 8.78 Å². The normalized spacial score (nSPS) is 10.7. The maximum atomic E-state index is 13.6. The van der Waals surface area contributed by atoms with Crippen LogP contribution in [0.1, 0.15) is 15.9 Å². The van der Waals surface area contributed by atoms with Crippen LogP contribution in [-0.4, -0.2) is 27.1 Å². The minimum atomic E-state index is -0.620. The summed E-state index contributed by atoms with van der Waals surface area (Å²) in [5.41, 5.74) is 0.244. The molecule has 2 aromatic rings. The third-order valence-electron chi connectivity index (χ3n) is 3.32. The maximum Gasteiger partial charge on any atom is 0.203 e. The maximum absolute atomic E-state index is 13.6. The van der Waals surface area contributed by atoms with Crippen molar-refractivity contribution in [3.63, 3.8) is 0 Å². The van der Waals surface area contributed by atoms with Crippen LogP contribution in [0.4, 0.5) is 8.78 Å². The Kier molecular flexibility index (Phi) is 5.52. The van der Waals surface area contributed by atoms with Crippen LogP contribution in [0.3, 0.4) is 0 Å². The van der Waals surface area contributed by atoms with Crippen LogP contribution >= 0.6 is 0 Å². The Bertz CT molecular complexity index is 760. The van der Waals surface area contributed by atoms with Crippen molar-refractivity contribution < 1.29 is 27.8 Å². The van der Waals surface area contributed by atoms with Crippen LogP contribution < -0.4 is 14.2 Å². The van der Waals surface area contributed by atoms with Crippen LogP contribution in [-0.2, 0) is 0 Å². The van der Waals surface area contributed by atoms with E-state index in [1.165, 1.54) is 39.5 Å². The van der Waals surface area contributed by atoms with E-state index in [1.807, 2.05) is 0 Å². The Balaban J connectivity index is 2.36. The summed E-state index contributed by atoms with van der Waals surface area (Å²) < 4.78 is 42.2. The van der Waals surface area contributed by atoms with E-state index in [0.29, 0.717) is 17.2 Å². The fraction of sp³-hybridized carbons (Fsp3) is 0.167. The van der Waals surface area contributed by atoms with E-state index in [2.05, 4.69) is 0 Å². The first-order valence-corrected chi connectivity index (χ1v) is 6.97. The highest BCUT2D eigenvalue weighted by molar-refractivity contribution is 6.07. The monoisotopic (exact) mass is 334 g/mol. The predicted molar refractivity (Wildman–Crippen MR) is 85.8 cm³/mol. The number of benzene rings is 2. The summed E-state index contributed by atoms with van der Waals surface area (Å²) in [4.78, 5) is 12.3. The van der Waals surface area contributed by atoms with E-state index in [-0.39, 0.29) is 11.1 Å². The van der Waals surface area contributed by atoms with Gasteiger partial charge in [-0.1, -0.05) is 0 Å². The number of hydrogen-bond acceptors (Lipinski definition) is 4. The lowest BCUT2D eigenvalue weighted by atomic mass is 10.1. The van der Waals surface area contributed by atoms with Gasteiger partial charge in [0.15, 0.2) is 17.3 Å². The molecule has 0 heterocycles. The number of allylic oxidation sites excluding steroid dienone is 1. The van der Waals surface area contributed by atoms with Gasteiger partial charge in [-0.3, -0.25) is 4.79 Å². The van der Waals surface area contributed by atoms with E-state index in [0.717, 1.165) is 24.3 Å². The summed E-state index contributed by atoms with van der Waals surface area (Å²) in [6.07, 6.45) is 2.36. The first kappa shape index (κ1) is 17.5. The van der Waals surface area contributed by atoms with Crippen molar-refractivity contribution in [1.29, 1.82) is 0 Å². The summed E-state index contributed by atoms with van der Waals surface area (Å²) in [5, 5.41) is 0. The third-order valence-corrected chi connectivity index (χ3v) is 3.32. The standard InChI is InChI=1S/C18H16F2O4/c1-22-16-9-12(10-17(23-2)18(16)24-3)15(21)7-4-11-8-13(19)5-6-14(11)20/h4-10H,1-3H3. The van der Waals surface area contributed by atoms with E-state index in [1.54, 1.807) is 0 Å². The molecule has 0 bridgehead atoms. The molecule has 24 heavy (non-hydrogen) atoms. The molecule has 126 valence electrons. The lowest BCUT2D eigenvalue weighted by Gasteiger charge is -2.13. The lowest BCUT2D eigenvalue weighted by molar-refractivity contribution is 0.104. The highest BCUT2D eigenvalue weighted by atomic mass is 19.1. The molecule has 2 aromatic carbocycles. The second-order valence-electron chi connectivity index (χ2n) is 4.78. The van der Waals surface area contributed by atoms with E-state index >= 15 is 0 Å².